The largest absolute Gasteiger partial charge is 0.479 e. The summed E-state index contributed by atoms with van der Waals surface area (Å²) < 4.78 is 5.00. The summed E-state index contributed by atoms with van der Waals surface area (Å²) in [6, 6.07) is 2.36. The molecule has 2 rings (SSSR count). The van der Waals surface area contributed by atoms with Gasteiger partial charge in [0.25, 0.3) is 11.5 Å². The van der Waals surface area contributed by atoms with E-state index in [1.807, 2.05) is 0 Å². The molecule has 1 unspecified atom stereocenters. The van der Waals surface area contributed by atoms with Gasteiger partial charge in [0, 0.05) is 19.1 Å². The minimum atomic E-state index is -1.42. The van der Waals surface area contributed by atoms with E-state index in [9.17, 15) is 14.4 Å². The Hall–Kier alpha value is -2.22. The van der Waals surface area contributed by atoms with Crippen LogP contribution in [-0.2, 0) is 9.53 Å². The zero-order chi connectivity index (χ0) is 13.2. The van der Waals surface area contributed by atoms with Crippen LogP contribution >= 0.6 is 0 Å². The van der Waals surface area contributed by atoms with Crippen molar-refractivity contribution in [2.24, 2.45) is 0 Å². The highest BCUT2D eigenvalue weighted by Crippen LogP contribution is 2.19. The first-order valence-electron chi connectivity index (χ1n) is 5.23. The van der Waals surface area contributed by atoms with Crippen molar-refractivity contribution in [3.63, 3.8) is 0 Å². The summed E-state index contributed by atoms with van der Waals surface area (Å²) in [5, 5.41) is 17.1. The zero-order valence-electron chi connectivity index (χ0n) is 9.30. The van der Waals surface area contributed by atoms with Crippen molar-refractivity contribution in [1.29, 1.82) is 0 Å². The second kappa shape index (κ2) is 4.57. The average molecular weight is 253 g/mol. The Labute approximate surface area is 101 Å². The summed E-state index contributed by atoms with van der Waals surface area (Å²) >= 11 is 0. The maximum Gasteiger partial charge on any atom is 0.331 e. The molecule has 0 spiro atoms. The molecule has 3 N–H and O–H groups in total. The summed E-state index contributed by atoms with van der Waals surface area (Å²) in [6.07, 6.45) is 0.192. The number of nitrogens with zero attached hydrogens (tertiary/aromatic N) is 1. The Morgan fingerprint density at radius 1 is 1.50 bits per heavy atom. The van der Waals surface area contributed by atoms with Crippen molar-refractivity contribution in [3.8, 4) is 0 Å². The first kappa shape index (κ1) is 12.2. The van der Waals surface area contributed by atoms with E-state index in [4.69, 9.17) is 9.84 Å². The van der Waals surface area contributed by atoms with Gasteiger partial charge < -0.3 is 15.2 Å². The number of carboxylic acid groups (broad SMARTS) is 1. The SMILES string of the molecule is O=C(NC1(C(=O)O)CCOC1)c1ccc(=O)[nH]n1. The lowest BCUT2D eigenvalue weighted by Crippen LogP contribution is -2.55. The third-order valence-corrected chi connectivity index (χ3v) is 2.70. The molecule has 1 saturated heterocycles. The number of aromatic amines is 1. The van der Waals surface area contributed by atoms with E-state index in [-0.39, 0.29) is 25.3 Å². The van der Waals surface area contributed by atoms with Gasteiger partial charge in [-0.2, -0.15) is 5.10 Å². The van der Waals surface area contributed by atoms with Gasteiger partial charge in [-0.25, -0.2) is 9.89 Å². The number of amides is 1. The quantitative estimate of drug-likeness (QED) is 0.618. The summed E-state index contributed by atoms with van der Waals surface area (Å²) in [5.41, 5.74) is -1.92. The van der Waals surface area contributed by atoms with Gasteiger partial charge in [-0.3, -0.25) is 9.59 Å². The number of carbonyl (C=O) groups excluding carboxylic acids is 1. The highest BCUT2D eigenvalue weighted by molar-refractivity contribution is 5.96. The molecule has 0 bridgehead atoms. The van der Waals surface area contributed by atoms with Gasteiger partial charge in [0.1, 0.15) is 5.69 Å². The highest BCUT2D eigenvalue weighted by atomic mass is 16.5. The van der Waals surface area contributed by atoms with Gasteiger partial charge in [0.2, 0.25) is 0 Å². The Morgan fingerprint density at radius 3 is 2.78 bits per heavy atom. The summed E-state index contributed by atoms with van der Waals surface area (Å²) in [6.45, 7) is 0.184. The van der Waals surface area contributed by atoms with Gasteiger partial charge in [-0.1, -0.05) is 0 Å². The third kappa shape index (κ3) is 2.23. The summed E-state index contributed by atoms with van der Waals surface area (Å²) in [4.78, 5) is 33.8. The molecule has 1 amide bonds. The molecule has 96 valence electrons. The number of rotatable bonds is 3. The molecule has 0 saturated carbocycles. The standard InChI is InChI=1S/C10H11N3O5/c14-7-2-1-6(12-13-7)8(15)11-10(9(16)17)3-4-18-5-10/h1-2H,3-5H2,(H,11,15)(H,13,14)(H,16,17). The summed E-state index contributed by atoms with van der Waals surface area (Å²) in [7, 11) is 0. The van der Waals surface area contributed by atoms with Crippen LogP contribution in [0.2, 0.25) is 0 Å². The van der Waals surface area contributed by atoms with Gasteiger partial charge in [-0.15, -0.1) is 0 Å². The van der Waals surface area contributed by atoms with E-state index < -0.39 is 23.0 Å². The molecule has 1 aliphatic rings. The van der Waals surface area contributed by atoms with Gasteiger partial charge in [0.05, 0.1) is 6.61 Å². The van der Waals surface area contributed by atoms with Crippen molar-refractivity contribution in [1.82, 2.24) is 15.5 Å². The van der Waals surface area contributed by atoms with Crippen molar-refractivity contribution in [3.05, 3.63) is 28.2 Å². The molecular formula is C10H11N3O5. The van der Waals surface area contributed by atoms with E-state index in [1.165, 1.54) is 6.07 Å². The second-order valence-corrected chi connectivity index (χ2v) is 3.95. The molecule has 8 heteroatoms. The lowest BCUT2D eigenvalue weighted by Gasteiger charge is -2.23. The Balaban J connectivity index is 2.17. The van der Waals surface area contributed by atoms with E-state index in [0.717, 1.165) is 6.07 Å². The molecule has 1 aromatic rings. The van der Waals surface area contributed by atoms with Crippen LogP contribution in [0.25, 0.3) is 0 Å². The molecule has 0 radical (unpaired) electrons. The number of H-pyrrole nitrogens is 1. The minimum absolute atomic E-state index is 0.0536. The number of hydrogen-bond acceptors (Lipinski definition) is 5. The van der Waals surface area contributed by atoms with E-state index in [1.54, 1.807) is 0 Å². The van der Waals surface area contributed by atoms with Crippen LogP contribution in [0.1, 0.15) is 16.9 Å². The van der Waals surface area contributed by atoms with Crippen molar-refractivity contribution >= 4 is 11.9 Å². The molecule has 1 fully saturated rings. The molecule has 1 aliphatic heterocycles. The average Bonchev–Trinajstić information content (AvgIpc) is 2.79. The first-order valence-corrected chi connectivity index (χ1v) is 5.23. The van der Waals surface area contributed by atoms with Crippen LogP contribution in [0, 0.1) is 0 Å². The van der Waals surface area contributed by atoms with Crippen molar-refractivity contribution in [2.75, 3.05) is 13.2 Å². The van der Waals surface area contributed by atoms with Crippen LogP contribution in [-0.4, -0.2) is 45.9 Å². The van der Waals surface area contributed by atoms with Gasteiger partial charge in [-0.05, 0) is 6.07 Å². The molecule has 2 heterocycles. The zero-order valence-corrected chi connectivity index (χ0v) is 9.30. The monoisotopic (exact) mass is 253 g/mol. The molecule has 8 nitrogen and oxygen atoms in total. The number of aliphatic carboxylic acids is 1. The van der Waals surface area contributed by atoms with Crippen LogP contribution in [0.4, 0.5) is 0 Å². The van der Waals surface area contributed by atoms with Gasteiger partial charge >= 0.3 is 5.97 Å². The molecule has 18 heavy (non-hydrogen) atoms. The van der Waals surface area contributed by atoms with E-state index in [0.29, 0.717) is 0 Å². The predicted octanol–water partition coefficient (Wildman–Crippen LogP) is -1.26. The number of ether oxygens (including phenoxy) is 1. The fraction of sp³-hybridized carbons (Fsp3) is 0.400. The van der Waals surface area contributed by atoms with Crippen LogP contribution in [0.5, 0.6) is 0 Å². The number of carbonyl (C=O) groups is 2. The predicted molar refractivity (Wildman–Crippen MR) is 58.1 cm³/mol. The minimum Gasteiger partial charge on any atom is -0.479 e. The molecule has 1 atom stereocenters. The van der Waals surface area contributed by atoms with Gasteiger partial charge in [0.15, 0.2) is 5.54 Å². The topological polar surface area (TPSA) is 121 Å². The summed E-state index contributed by atoms with van der Waals surface area (Å²) in [5.74, 6) is -1.82. The fourth-order valence-electron chi connectivity index (χ4n) is 1.64. The number of carboxylic acids is 1. The first-order chi connectivity index (χ1) is 8.53. The third-order valence-electron chi connectivity index (χ3n) is 2.70. The maximum absolute atomic E-state index is 11.8. The van der Waals surface area contributed by atoms with Crippen molar-refractivity contribution in [2.45, 2.75) is 12.0 Å². The lowest BCUT2D eigenvalue weighted by molar-refractivity contribution is -0.144. The number of aromatic nitrogens is 2. The Morgan fingerprint density at radius 2 is 2.28 bits per heavy atom. The van der Waals surface area contributed by atoms with Crippen LogP contribution < -0.4 is 10.9 Å². The molecule has 0 aromatic carbocycles. The molecule has 1 aromatic heterocycles. The molecular weight excluding hydrogens is 242 g/mol. The maximum atomic E-state index is 11.8. The smallest absolute Gasteiger partial charge is 0.331 e. The molecule has 0 aliphatic carbocycles. The normalized spacial score (nSPS) is 22.7. The Bertz CT molecular complexity index is 512. The number of nitrogens with one attached hydrogen (secondary N) is 2. The van der Waals surface area contributed by atoms with E-state index >= 15 is 0 Å². The van der Waals surface area contributed by atoms with E-state index in [2.05, 4.69) is 15.5 Å². The van der Waals surface area contributed by atoms with Crippen molar-refractivity contribution < 1.29 is 19.4 Å². The second-order valence-electron chi connectivity index (χ2n) is 3.95. The fourth-order valence-corrected chi connectivity index (χ4v) is 1.64. The van der Waals surface area contributed by atoms with Crippen LogP contribution in [0.15, 0.2) is 16.9 Å². The Kier molecular flexibility index (Phi) is 3.11. The van der Waals surface area contributed by atoms with Crippen LogP contribution in [0.3, 0.4) is 0 Å². The lowest BCUT2D eigenvalue weighted by atomic mass is 9.99. The number of hydrogen-bond donors (Lipinski definition) is 3. The highest BCUT2D eigenvalue weighted by Gasteiger charge is 2.44.